The fourth-order valence-electron chi connectivity index (χ4n) is 4.76. The van der Waals surface area contributed by atoms with Crippen molar-refractivity contribution in [1.29, 1.82) is 0 Å². The number of anilines is 1. The van der Waals surface area contributed by atoms with Crippen LogP contribution in [-0.4, -0.2) is 67.6 Å². The number of fused-ring (bicyclic) bond motifs is 1. The predicted molar refractivity (Wildman–Crippen MR) is 132 cm³/mol. The number of carboxylic acid groups (broad SMARTS) is 1. The molecule has 0 spiro atoms. The molecule has 0 unspecified atom stereocenters. The van der Waals surface area contributed by atoms with E-state index in [0.29, 0.717) is 17.7 Å². The molecule has 2 aromatic carbocycles. The number of carbonyl (C=O) groups excluding carboxylic acids is 2. The molecule has 2 aliphatic rings. The van der Waals surface area contributed by atoms with Crippen LogP contribution in [0.2, 0.25) is 19.6 Å². The number of hydrogen-bond donors (Lipinski definition) is 2. The number of halogens is 2. The quantitative estimate of drug-likeness (QED) is 0.594. The van der Waals surface area contributed by atoms with Crippen molar-refractivity contribution in [2.24, 2.45) is 5.92 Å². The van der Waals surface area contributed by atoms with Crippen molar-refractivity contribution in [2.75, 3.05) is 32.1 Å². The van der Waals surface area contributed by atoms with Crippen molar-refractivity contribution in [1.82, 2.24) is 9.80 Å². The van der Waals surface area contributed by atoms with E-state index in [4.69, 9.17) is 9.84 Å². The van der Waals surface area contributed by atoms with Crippen molar-refractivity contribution < 1.29 is 33.0 Å². The van der Waals surface area contributed by atoms with Gasteiger partial charge in [0.1, 0.15) is 23.4 Å². The Morgan fingerprint density at radius 2 is 1.72 bits per heavy atom. The Balaban J connectivity index is 1.65. The van der Waals surface area contributed by atoms with Crippen LogP contribution in [0.1, 0.15) is 17.2 Å². The van der Waals surface area contributed by atoms with Gasteiger partial charge >= 0.3 is 12.0 Å². The van der Waals surface area contributed by atoms with Gasteiger partial charge in [0, 0.05) is 30.5 Å². The topological polar surface area (TPSA) is 99.2 Å². The number of likely N-dealkylation sites (tertiary alicyclic amines) is 1. The van der Waals surface area contributed by atoms with Gasteiger partial charge in [-0.15, -0.1) is 0 Å². The van der Waals surface area contributed by atoms with Crippen molar-refractivity contribution in [3.63, 3.8) is 0 Å². The Labute approximate surface area is 208 Å². The van der Waals surface area contributed by atoms with Crippen molar-refractivity contribution in [3.05, 3.63) is 53.1 Å². The Hall–Kier alpha value is -3.47. The number of benzene rings is 2. The van der Waals surface area contributed by atoms with Gasteiger partial charge in [-0.3, -0.25) is 9.59 Å². The maximum absolute atomic E-state index is 14.8. The van der Waals surface area contributed by atoms with E-state index in [1.165, 1.54) is 16.9 Å². The Kier molecular flexibility index (Phi) is 6.78. The number of nitrogens with one attached hydrogen (secondary N) is 1. The van der Waals surface area contributed by atoms with Gasteiger partial charge in [-0.1, -0.05) is 25.7 Å². The molecule has 11 heteroatoms. The zero-order valence-corrected chi connectivity index (χ0v) is 21.6. The molecule has 2 aliphatic heterocycles. The third-order valence-corrected chi connectivity index (χ3v) is 8.61. The summed E-state index contributed by atoms with van der Waals surface area (Å²) in [6, 6.07) is 5.85. The first-order valence-electron chi connectivity index (χ1n) is 11.7. The third kappa shape index (κ3) is 4.79. The van der Waals surface area contributed by atoms with Gasteiger partial charge in [0.05, 0.1) is 21.1 Å². The molecule has 1 saturated heterocycles. The number of urea groups is 1. The summed E-state index contributed by atoms with van der Waals surface area (Å²) < 4.78 is 34.9. The zero-order chi connectivity index (χ0) is 26.4. The van der Waals surface area contributed by atoms with Gasteiger partial charge in [-0.05, 0) is 41.8 Å². The lowest BCUT2D eigenvalue weighted by Crippen LogP contribution is -2.59. The highest BCUT2D eigenvalue weighted by Gasteiger charge is 2.43. The lowest BCUT2D eigenvalue weighted by molar-refractivity contribution is -0.146. The number of carbonyl (C=O) groups is 3. The average Bonchev–Trinajstić information content (AvgIpc) is 2.74. The van der Waals surface area contributed by atoms with Crippen LogP contribution in [0.15, 0.2) is 30.3 Å². The minimum atomic E-state index is -2.30. The molecule has 1 atom stereocenters. The van der Waals surface area contributed by atoms with Crippen LogP contribution in [-0.2, 0) is 16.0 Å². The first kappa shape index (κ1) is 25.6. The number of amides is 3. The molecule has 3 amide bonds. The van der Waals surface area contributed by atoms with Gasteiger partial charge in [-0.25, -0.2) is 13.6 Å². The second kappa shape index (κ2) is 9.53. The minimum Gasteiger partial charge on any atom is -0.497 e. The molecular weight excluding hydrogens is 488 g/mol. The maximum Gasteiger partial charge on any atom is 0.321 e. The molecule has 1 fully saturated rings. The first-order valence-corrected chi connectivity index (χ1v) is 15.2. The summed E-state index contributed by atoms with van der Waals surface area (Å²) in [5.41, 5.74) is 1.35. The average molecular weight is 518 g/mol. The second-order valence-corrected chi connectivity index (χ2v) is 15.2. The normalized spacial score (nSPS) is 17.8. The molecule has 0 saturated carbocycles. The SMILES string of the molecule is COc1ccc2c(c1)CCN(C(=O)N1CC(C(=O)O)C1)[C@H]2C(=O)Nc1cc(F)c([Si](C)(C)C)c(F)c1. The molecule has 36 heavy (non-hydrogen) atoms. The largest absolute Gasteiger partial charge is 0.497 e. The third-order valence-electron chi connectivity index (χ3n) is 6.63. The standard InChI is InChI=1S/C25H29F2N3O5Si/c1-35-17-5-6-18-14(9-17)7-8-30(25(34)29-12-15(13-29)24(32)33)21(18)23(31)28-16-10-19(26)22(20(27)11-16)36(2,3)4/h5-6,9-11,15,21H,7-8,12-13H2,1-4H3,(H,28,31)(H,32,33)/t21-/m1/s1. The molecule has 8 nitrogen and oxygen atoms in total. The highest BCUT2D eigenvalue weighted by Crippen LogP contribution is 2.35. The van der Waals surface area contributed by atoms with E-state index in [1.54, 1.807) is 18.2 Å². The number of methoxy groups -OCH3 is 1. The molecule has 2 heterocycles. The van der Waals surface area contributed by atoms with Gasteiger partial charge in [-0.2, -0.15) is 0 Å². The van der Waals surface area contributed by atoms with Crippen LogP contribution in [0, 0.1) is 17.6 Å². The Bertz CT molecular complexity index is 1200. The number of ether oxygens (including phenoxy) is 1. The summed E-state index contributed by atoms with van der Waals surface area (Å²) in [6.45, 7) is 5.81. The van der Waals surface area contributed by atoms with Gasteiger partial charge < -0.3 is 25.0 Å². The van der Waals surface area contributed by atoms with Crippen LogP contribution in [0.4, 0.5) is 19.3 Å². The van der Waals surface area contributed by atoms with E-state index in [0.717, 1.165) is 17.7 Å². The van der Waals surface area contributed by atoms with E-state index in [-0.39, 0.29) is 30.5 Å². The lowest BCUT2D eigenvalue weighted by Gasteiger charge is -2.44. The van der Waals surface area contributed by atoms with Gasteiger partial charge in [0.2, 0.25) is 0 Å². The Morgan fingerprint density at radius 1 is 1.08 bits per heavy atom. The van der Waals surface area contributed by atoms with Crippen LogP contribution in [0.3, 0.4) is 0 Å². The molecule has 0 bridgehead atoms. The number of hydrogen-bond acceptors (Lipinski definition) is 4. The molecule has 0 aliphatic carbocycles. The second-order valence-electron chi connectivity index (χ2n) is 10.2. The fourth-order valence-corrected chi connectivity index (χ4v) is 6.34. The van der Waals surface area contributed by atoms with E-state index in [1.807, 2.05) is 19.6 Å². The predicted octanol–water partition coefficient (Wildman–Crippen LogP) is 3.19. The molecule has 0 radical (unpaired) electrons. The summed E-state index contributed by atoms with van der Waals surface area (Å²) >= 11 is 0. The first-order chi connectivity index (χ1) is 16.9. The van der Waals surface area contributed by atoms with Gasteiger partial charge in [0.15, 0.2) is 0 Å². The van der Waals surface area contributed by atoms with Crippen LogP contribution < -0.4 is 15.2 Å². The van der Waals surface area contributed by atoms with E-state index >= 15 is 0 Å². The zero-order valence-electron chi connectivity index (χ0n) is 20.6. The summed E-state index contributed by atoms with van der Waals surface area (Å²) in [6.07, 6.45) is 0.465. The van der Waals surface area contributed by atoms with Crippen molar-refractivity contribution in [3.8, 4) is 5.75 Å². The molecular formula is C25H29F2N3O5Si. The summed E-state index contributed by atoms with van der Waals surface area (Å²) in [5, 5.41) is 11.8. The molecule has 4 rings (SSSR count). The fraction of sp³-hybridized carbons (Fsp3) is 0.400. The molecule has 192 valence electrons. The van der Waals surface area contributed by atoms with E-state index in [2.05, 4.69) is 5.32 Å². The van der Waals surface area contributed by atoms with Crippen molar-refractivity contribution >= 4 is 36.9 Å². The monoisotopic (exact) mass is 517 g/mol. The summed E-state index contributed by atoms with van der Waals surface area (Å²) in [4.78, 5) is 40.7. The van der Waals surface area contributed by atoms with Crippen LogP contribution >= 0.6 is 0 Å². The van der Waals surface area contributed by atoms with Crippen molar-refractivity contribution in [2.45, 2.75) is 32.1 Å². The smallest absolute Gasteiger partial charge is 0.321 e. The number of carboxylic acids is 1. The molecule has 0 aromatic heterocycles. The molecule has 2 aromatic rings. The lowest BCUT2D eigenvalue weighted by atomic mass is 9.91. The maximum atomic E-state index is 14.8. The van der Waals surface area contributed by atoms with Crippen LogP contribution in [0.5, 0.6) is 5.75 Å². The summed E-state index contributed by atoms with van der Waals surface area (Å²) in [7, 11) is -0.771. The van der Waals surface area contributed by atoms with E-state index in [9.17, 15) is 23.2 Å². The number of rotatable bonds is 5. The molecule has 2 N–H and O–H groups in total. The summed E-state index contributed by atoms with van der Waals surface area (Å²) in [5.74, 6) is -3.07. The highest BCUT2D eigenvalue weighted by atomic mass is 28.3. The Morgan fingerprint density at radius 3 is 2.28 bits per heavy atom. The van der Waals surface area contributed by atoms with Crippen LogP contribution in [0.25, 0.3) is 0 Å². The highest BCUT2D eigenvalue weighted by molar-refractivity contribution is 6.88. The number of nitrogens with zero attached hydrogens (tertiary/aromatic N) is 2. The number of aliphatic carboxylic acids is 1. The van der Waals surface area contributed by atoms with E-state index < -0.39 is 49.6 Å². The van der Waals surface area contributed by atoms with Gasteiger partial charge in [0.25, 0.3) is 5.91 Å². The minimum absolute atomic E-state index is 0.0417.